The molecule has 0 aliphatic carbocycles. The van der Waals surface area contributed by atoms with Crippen molar-refractivity contribution in [3.63, 3.8) is 0 Å². The first kappa shape index (κ1) is 25.0. The molecule has 0 spiro atoms. The lowest BCUT2D eigenvalue weighted by Crippen LogP contribution is -2.07. The fraction of sp³-hybridized carbons (Fsp3) is 0.235. The largest absolute Gasteiger partial charge is 0.402 e. The number of rotatable bonds is 2. The number of hydrogen-bond donors (Lipinski definition) is 0. The highest BCUT2D eigenvalue weighted by molar-refractivity contribution is 6.18. The summed E-state index contributed by atoms with van der Waals surface area (Å²) in [6.07, 6.45) is -8.39. The fourth-order valence-electron chi connectivity index (χ4n) is 1.15. The van der Waals surface area contributed by atoms with Gasteiger partial charge in [-0.25, -0.2) is 0 Å². The molecule has 0 fully saturated rings. The van der Waals surface area contributed by atoms with E-state index >= 15 is 0 Å². The Morgan fingerprint density at radius 1 is 0.630 bits per heavy atom. The van der Waals surface area contributed by atoms with Crippen LogP contribution >= 0.6 is 23.2 Å². The van der Waals surface area contributed by atoms with Crippen LogP contribution in [0.5, 0.6) is 0 Å². The van der Waals surface area contributed by atoms with Gasteiger partial charge in [-0.2, -0.15) is 36.3 Å². The van der Waals surface area contributed by atoms with Gasteiger partial charge in [0.15, 0.2) is 0 Å². The minimum Gasteiger partial charge on any atom is -0.188 e. The Bertz CT molecular complexity index is 625. The summed E-state index contributed by atoms with van der Waals surface area (Å²) in [5.41, 5.74) is 1.72. The summed E-state index contributed by atoms with van der Waals surface area (Å²) in [5.74, 6) is -2.51. The van der Waals surface area contributed by atoms with Crippen LogP contribution in [0.25, 0.3) is 0 Å². The van der Waals surface area contributed by atoms with Gasteiger partial charge in [0.2, 0.25) is 0 Å². The molecule has 27 heavy (non-hydrogen) atoms. The average molecular weight is 431 g/mol. The van der Waals surface area contributed by atoms with E-state index in [2.05, 4.69) is 39.2 Å². The highest BCUT2D eigenvalue weighted by Crippen LogP contribution is 2.15. The van der Waals surface area contributed by atoms with Crippen molar-refractivity contribution >= 4 is 40.6 Å². The zero-order valence-electron chi connectivity index (χ0n) is 13.6. The second-order valence-electron chi connectivity index (χ2n) is 4.49. The van der Waals surface area contributed by atoms with E-state index in [1.54, 1.807) is 0 Å². The summed E-state index contributed by atoms with van der Waals surface area (Å²) < 4.78 is 63.9. The molecular formula is C17H14Cl2F6N2. The Morgan fingerprint density at radius 3 is 1.11 bits per heavy atom. The molecule has 0 aromatic heterocycles. The number of para-hydroxylation sites is 2. The number of alkyl halides is 8. The van der Waals surface area contributed by atoms with E-state index in [4.69, 9.17) is 0 Å². The van der Waals surface area contributed by atoms with Crippen molar-refractivity contribution in [3.8, 4) is 0 Å². The van der Waals surface area contributed by atoms with Crippen LogP contribution in [0.15, 0.2) is 70.6 Å². The van der Waals surface area contributed by atoms with E-state index in [0.29, 0.717) is 0 Å². The molecule has 10 heteroatoms. The van der Waals surface area contributed by atoms with Crippen LogP contribution in [0.2, 0.25) is 0 Å². The molecule has 0 saturated carbocycles. The van der Waals surface area contributed by atoms with E-state index in [1.807, 2.05) is 60.7 Å². The Labute approximate surface area is 162 Å². The maximum atomic E-state index is 10.7. The molecule has 0 atom stereocenters. The van der Waals surface area contributed by atoms with Gasteiger partial charge in [0.05, 0.1) is 11.4 Å². The normalized spacial score (nSPS) is 10.4. The molecule has 0 aliphatic rings. The molecule has 2 nitrogen and oxygen atoms in total. The third-order valence-corrected chi connectivity index (χ3v) is 2.78. The van der Waals surface area contributed by atoms with Crippen molar-refractivity contribution in [2.75, 3.05) is 11.8 Å². The lowest BCUT2D eigenvalue weighted by atomic mass is 10.3. The van der Waals surface area contributed by atoms with Crippen molar-refractivity contribution in [1.29, 1.82) is 0 Å². The van der Waals surface area contributed by atoms with E-state index in [1.165, 1.54) is 0 Å². The lowest BCUT2D eigenvalue weighted by Gasteiger charge is -1.95. The lowest BCUT2D eigenvalue weighted by molar-refractivity contribution is -0.107. The number of hydrogen-bond acceptors (Lipinski definition) is 2. The van der Waals surface area contributed by atoms with Gasteiger partial charge in [-0.15, -0.1) is 23.2 Å². The van der Waals surface area contributed by atoms with Crippen LogP contribution in [0, 0.1) is 0 Å². The molecule has 0 amide bonds. The predicted molar refractivity (Wildman–Crippen MR) is 95.6 cm³/mol. The highest BCUT2D eigenvalue weighted by atomic mass is 35.5. The van der Waals surface area contributed by atoms with Crippen LogP contribution in [0.1, 0.15) is 0 Å². The first-order valence-corrected chi connectivity index (χ1v) is 8.16. The van der Waals surface area contributed by atoms with E-state index in [-0.39, 0.29) is 0 Å². The van der Waals surface area contributed by atoms with Crippen LogP contribution in [-0.4, -0.2) is 30.1 Å². The molecule has 0 radical (unpaired) electrons. The number of aliphatic imine (C=N–C) groups is 2. The molecule has 0 saturated heterocycles. The van der Waals surface area contributed by atoms with Crippen LogP contribution in [-0.2, 0) is 0 Å². The Hall–Kier alpha value is -2.02. The Kier molecular flexibility index (Phi) is 12.2. The number of halogens is 8. The van der Waals surface area contributed by atoms with Crippen molar-refractivity contribution < 1.29 is 26.3 Å². The second-order valence-corrected chi connectivity index (χ2v) is 5.03. The fourth-order valence-corrected chi connectivity index (χ4v) is 1.15. The summed E-state index contributed by atoms with van der Waals surface area (Å²) in [6.45, 7) is 0. The quantitative estimate of drug-likeness (QED) is 0.269. The van der Waals surface area contributed by atoms with Gasteiger partial charge in [-0.1, -0.05) is 36.4 Å². The van der Waals surface area contributed by atoms with E-state index in [0.717, 1.165) is 11.4 Å². The summed E-state index contributed by atoms with van der Waals surface area (Å²) in [6, 6.07) is 21.9. The SMILES string of the molecule is C(=Nc1ccccc1)=Nc1ccccc1.FC(F)(F)CCl.FC(F)(F)CCl. The van der Waals surface area contributed by atoms with E-state index < -0.39 is 24.1 Å². The van der Waals surface area contributed by atoms with Gasteiger partial charge >= 0.3 is 12.4 Å². The molecule has 2 rings (SSSR count). The standard InChI is InChI=1S/C13H10N2.2C2H2ClF3/c1-3-7-12(8-4-1)14-11-15-13-9-5-2-6-10-13;2*3-1-2(4,5)6/h1-10H;2*1H2. The van der Waals surface area contributed by atoms with E-state index in [9.17, 15) is 26.3 Å². The first-order chi connectivity index (χ1) is 12.6. The van der Waals surface area contributed by atoms with Crippen molar-refractivity contribution in [2.45, 2.75) is 12.4 Å². The first-order valence-electron chi connectivity index (χ1n) is 7.09. The molecule has 2 aromatic rings. The zero-order chi connectivity index (χ0) is 20.8. The molecule has 0 N–H and O–H groups in total. The topological polar surface area (TPSA) is 24.7 Å². The summed E-state index contributed by atoms with van der Waals surface area (Å²) in [4.78, 5) is 8.17. The highest BCUT2D eigenvalue weighted by Gasteiger charge is 2.24. The summed E-state index contributed by atoms with van der Waals surface area (Å²) >= 11 is 8.71. The van der Waals surface area contributed by atoms with Crippen molar-refractivity contribution in [2.24, 2.45) is 9.98 Å². The molecule has 148 valence electrons. The molecular weight excluding hydrogens is 417 g/mol. The monoisotopic (exact) mass is 430 g/mol. The van der Waals surface area contributed by atoms with Crippen LogP contribution < -0.4 is 0 Å². The molecule has 0 aliphatic heterocycles. The van der Waals surface area contributed by atoms with Gasteiger partial charge < -0.3 is 0 Å². The molecule has 0 unspecified atom stereocenters. The smallest absolute Gasteiger partial charge is 0.188 e. The molecule has 0 bridgehead atoms. The third kappa shape index (κ3) is 17.2. The maximum Gasteiger partial charge on any atom is 0.402 e. The van der Waals surface area contributed by atoms with Gasteiger partial charge in [0.1, 0.15) is 17.8 Å². The van der Waals surface area contributed by atoms with Crippen LogP contribution in [0.3, 0.4) is 0 Å². The summed E-state index contributed by atoms with van der Waals surface area (Å²) in [7, 11) is 0. The van der Waals surface area contributed by atoms with Gasteiger partial charge in [-0.3, -0.25) is 0 Å². The number of nitrogens with zero attached hydrogens (tertiary/aromatic N) is 2. The molecule has 2 aromatic carbocycles. The van der Waals surface area contributed by atoms with Gasteiger partial charge in [0.25, 0.3) is 0 Å². The minimum atomic E-state index is -4.19. The van der Waals surface area contributed by atoms with Crippen molar-refractivity contribution in [1.82, 2.24) is 0 Å². The molecule has 0 heterocycles. The minimum absolute atomic E-state index is 0.859. The predicted octanol–water partition coefficient (Wildman–Crippen LogP) is 7.40. The Morgan fingerprint density at radius 2 is 0.889 bits per heavy atom. The Balaban J connectivity index is 0.000000470. The third-order valence-electron chi connectivity index (χ3n) is 2.17. The van der Waals surface area contributed by atoms with Crippen LogP contribution in [0.4, 0.5) is 37.7 Å². The van der Waals surface area contributed by atoms with Gasteiger partial charge in [0, 0.05) is 0 Å². The summed E-state index contributed by atoms with van der Waals surface area (Å²) in [5, 5.41) is 0. The zero-order valence-corrected chi connectivity index (χ0v) is 15.1. The number of benzene rings is 2. The van der Waals surface area contributed by atoms with Gasteiger partial charge in [-0.05, 0) is 24.3 Å². The second kappa shape index (κ2) is 13.2. The average Bonchev–Trinajstić information content (AvgIpc) is 2.63. The maximum absolute atomic E-state index is 10.7. The van der Waals surface area contributed by atoms with Crippen molar-refractivity contribution in [3.05, 3.63) is 60.7 Å².